The first-order valence-corrected chi connectivity index (χ1v) is 4.68. The average Bonchev–Trinajstić information content (AvgIpc) is 2.42. The van der Waals surface area contributed by atoms with Crippen molar-refractivity contribution in [3.63, 3.8) is 0 Å². The van der Waals surface area contributed by atoms with Gasteiger partial charge >= 0.3 is 0 Å². The number of hydrogen-bond acceptors (Lipinski definition) is 4. The summed E-state index contributed by atoms with van der Waals surface area (Å²) in [5.41, 5.74) is 0. The monoisotopic (exact) mass is 194 g/mol. The van der Waals surface area contributed by atoms with Crippen molar-refractivity contribution < 1.29 is 4.79 Å². The second-order valence-electron chi connectivity index (χ2n) is 3.85. The van der Waals surface area contributed by atoms with Crippen LogP contribution in [0.5, 0.6) is 0 Å². The van der Waals surface area contributed by atoms with Gasteiger partial charge in [0.25, 0.3) is 5.91 Å². The van der Waals surface area contributed by atoms with E-state index in [0.29, 0.717) is 11.8 Å². The van der Waals surface area contributed by atoms with Gasteiger partial charge in [-0.25, -0.2) is 0 Å². The lowest BCUT2D eigenvalue weighted by Crippen LogP contribution is -2.47. The normalized spacial score (nSPS) is 25.3. The Hall–Kier alpha value is -1.52. The molecule has 1 unspecified atom stereocenters. The molecule has 14 heavy (non-hydrogen) atoms. The van der Waals surface area contributed by atoms with Gasteiger partial charge in [-0.2, -0.15) is 5.10 Å². The molecule has 1 amide bonds. The maximum Gasteiger partial charge on any atom is 0.293 e. The highest BCUT2D eigenvalue weighted by Crippen LogP contribution is 2.23. The van der Waals surface area contributed by atoms with Gasteiger partial charge in [0.15, 0.2) is 0 Å². The quantitative estimate of drug-likeness (QED) is 0.645. The first-order chi connectivity index (χ1) is 6.61. The molecule has 2 heterocycles. The van der Waals surface area contributed by atoms with Crippen molar-refractivity contribution in [2.45, 2.75) is 20.0 Å². The Bertz CT molecular complexity index is 321. The maximum atomic E-state index is 11.4. The SMILES string of the molecule is CC(C)C1N(C)N=C2C(=O)NC=CN21. The third kappa shape index (κ3) is 1.16. The molecule has 1 N–H and O–H groups in total. The van der Waals surface area contributed by atoms with E-state index in [-0.39, 0.29) is 12.1 Å². The number of fused-ring (bicyclic) bond motifs is 1. The van der Waals surface area contributed by atoms with E-state index in [0.717, 1.165) is 0 Å². The summed E-state index contributed by atoms with van der Waals surface area (Å²) in [7, 11) is 1.89. The van der Waals surface area contributed by atoms with Gasteiger partial charge in [-0.15, -0.1) is 0 Å². The number of hydrazone groups is 1. The van der Waals surface area contributed by atoms with Crippen LogP contribution in [0.25, 0.3) is 0 Å². The summed E-state index contributed by atoms with van der Waals surface area (Å²) in [6.07, 6.45) is 3.65. The molecule has 76 valence electrons. The molecule has 5 heteroatoms. The van der Waals surface area contributed by atoms with Crippen LogP contribution < -0.4 is 5.32 Å². The van der Waals surface area contributed by atoms with Gasteiger partial charge in [0, 0.05) is 19.4 Å². The molecule has 5 nitrogen and oxygen atoms in total. The van der Waals surface area contributed by atoms with Crippen molar-refractivity contribution in [1.82, 2.24) is 15.2 Å². The molecule has 0 bridgehead atoms. The van der Waals surface area contributed by atoms with Crippen LogP contribution in [-0.2, 0) is 4.79 Å². The summed E-state index contributed by atoms with van der Waals surface area (Å²) in [4.78, 5) is 13.3. The lowest BCUT2D eigenvalue weighted by Gasteiger charge is -2.31. The number of amides is 1. The summed E-state index contributed by atoms with van der Waals surface area (Å²) in [6.45, 7) is 4.22. The fraction of sp³-hybridized carbons (Fsp3) is 0.556. The Kier molecular flexibility index (Phi) is 1.94. The Morgan fingerprint density at radius 2 is 2.29 bits per heavy atom. The van der Waals surface area contributed by atoms with Gasteiger partial charge in [-0.3, -0.25) is 9.80 Å². The van der Waals surface area contributed by atoms with E-state index >= 15 is 0 Å². The Morgan fingerprint density at radius 1 is 1.57 bits per heavy atom. The molecule has 0 fully saturated rings. The van der Waals surface area contributed by atoms with Crippen LogP contribution in [0.2, 0.25) is 0 Å². The molecule has 1 atom stereocenters. The molecule has 0 spiro atoms. The van der Waals surface area contributed by atoms with Gasteiger partial charge in [0.2, 0.25) is 5.84 Å². The number of nitrogens with one attached hydrogen (secondary N) is 1. The minimum atomic E-state index is -0.137. The summed E-state index contributed by atoms with van der Waals surface area (Å²) >= 11 is 0. The van der Waals surface area contributed by atoms with Crippen molar-refractivity contribution in [3.8, 4) is 0 Å². The topological polar surface area (TPSA) is 47.9 Å². The summed E-state index contributed by atoms with van der Waals surface area (Å²) in [5, 5.41) is 8.65. The van der Waals surface area contributed by atoms with E-state index < -0.39 is 0 Å². The maximum absolute atomic E-state index is 11.4. The van der Waals surface area contributed by atoms with Crippen molar-refractivity contribution >= 4 is 11.7 Å². The van der Waals surface area contributed by atoms with E-state index in [9.17, 15) is 4.79 Å². The van der Waals surface area contributed by atoms with Gasteiger partial charge in [0.1, 0.15) is 6.17 Å². The molecule has 0 radical (unpaired) electrons. The predicted molar refractivity (Wildman–Crippen MR) is 52.9 cm³/mol. The second kappa shape index (κ2) is 3.01. The summed E-state index contributed by atoms with van der Waals surface area (Å²) in [5.74, 6) is 0.757. The molecular formula is C9H14N4O. The minimum absolute atomic E-state index is 0.137. The third-order valence-electron chi connectivity index (χ3n) is 2.41. The van der Waals surface area contributed by atoms with Crippen LogP contribution in [0.15, 0.2) is 17.5 Å². The Morgan fingerprint density at radius 3 is 2.93 bits per heavy atom. The number of carbonyl (C=O) groups excluding carboxylic acids is 1. The van der Waals surface area contributed by atoms with E-state index in [1.54, 1.807) is 6.20 Å². The molecule has 2 aliphatic rings. The predicted octanol–water partition coefficient (Wildman–Crippen LogP) is 0.130. The van der Waals surface area contributed by atoms with Crippen molar-refractivity contribution in [1.29, 1.82) is 0 Å². The largest absolute Gasteiger partial charge is 0.324 e. The van der Waals surface area contributed by atoms with Gasteiger partial charge < -0.3 is 10.2 Å². The number of carbonyl (C=O) groups is 1. The van der Waals surface area contributed by atoms with Gasteiger partial charge in [-0.1, -0.05) is 13.8 Å². The zero-order chi connectivity index (χ0) is 10.3. The molecule has 0 aromatic carbocycles. The number of rotatable bonds is 1. The lowest BCUT2D eigenvalue weighted by atomic mass is 10.1. The number of hydrogen-bond donors (Lipinski definition) is 1. The van der Waals surface area contributed by atoms with E-state index in [4.69, 9.17) is 0 Å². The highest BCUT2D eigenvalue weighted by molar-refractivity contribution is 6.39. The van der Waals surface area contributed by atoms with Crippen LogP contribution in [0, 0.1) is 5.92 Å². The van der Waals surface area contributed by atoms with Gasteiger partial charge in [0.05, 0.1) is 0 Å². The van der Waals surface area contributed by atoms with E-state index in [2.05, 4.69) is 24.3 Å². The minimum Gasteiger partial charge on any atom is -0.324 e. The lowest BCUT2D eigenvalue weighted by molar-refractivity contribution is -0.114. The van der Waals surface area contributed by atoms with Crippen LogP contribution in [-0.4, -0.2) is 34.9 Å². The van der Waals surface area contributed by atoms with Gasteiger partial charge in [-0.05, 0) is 5.92 Å². The second-order valence-corrected chi connectivity index (χ2v) is 3.85. The van der Waals surface area contributed by atoms with Crippen LogP contribution in [0.3, 0.4) is 0 Å². The highest BCUT2D eigenvalue weighted by Gasteiger charge is 2.37. The highest BCUT2D eigenvalue weighted by atomic mass is 16.2. The van der Waals surface area contributed by atoms with Crippen molar-refractivity contribution in [3.05, 3.63) is 12.4 Å². The third-order valence-corrected chi connectivity index (χ3v) is 2.41. The Labute approximate surface area is 83.1 Å². The molecule has 2 aliphatic heterocycles. The van der Waals surface area contributed by atoms with Crippen LogP contribution in [0.4, 0.5) is 0 Å². The number of nitrogens with zero attached hydrogens (tertiary/aromatic N) is 3. The van der Waals surface area contributed by atoms with Crippen molar-refractivity contribution in [2.24, 2.45) is 11.0 Å². The first kappa shape index (κ1) is 9.05. The zero-order valence-electron chi connectivity index (χ0n) is 8.56. The number of amidine groups is 1. The molecule has 0 aromatic heterocycles. The molecule has 0 aliphatic carbocycles. The summed E-state index contributed by atoms with van der Waals surface area (Å²) in [6, 6.07) is 0. The Balaban J connectivity index is 2.33. The van der Waals surface area contributed by atoms with Crippen LogP contribution in [0.1, 0.15) is 13.8 Å². The molecule has 2 rings (SSSR count). The molecular weight excluding hydrogens is 180 g/mol. The first-order valence-electron chi connectivity index (χ1n) is 4.68. The fourth-order valence-corrected chi connectivity index (χ4v) is 1.90. The average molecular weight is 194 g/mol. The standard InChI is InChI=1S/C9H14N4O/c1-6(2)9-12(3)11-7-8(14)10-4-5-13(7)9/h4-6,9H,1-3H3,(H,10,14). The van der Waals surface area contributed by atoms with E-state index in [1.165, 1.54) is 0 Å². The van der Waals surface area contributed by atoms with E-state index in [1.807, 2.05) is 23.2 Å². The smallest absolute Gasteiger partial charge is 0.293 e. The molecule has 0 saturated carbocycles. The fourth-order valence-electron chi connectivity index (χ4n) is 1.90. The summed E-state index contributed by atoms with van der Waals surface area (Å²) < 4.78 is 0. The molecule has 0 aromatic rings. The van der Waals surface area contributed by atoms with Crippen molar-refractivity contribution in [2.75, 3.05) is 7.05 Å². The molecule has 0 saturated heterocycles. The van der Waals surface area contributed by atoms with Crippen LogP contribution >= 0.6 is 0 Å². The zero-order valence-corrected chi connectivity index (χ0v) is 8.56.